The van der Waals surface area contributed by atoms with Gasteiger partial charge in [-0.1, -0.05) is 12.2 Å². The van der Waals surface area contributed by atoms with Crippen LogP contribution >= 0.6 is 0 Å². The first kappa shape index (κ1) is 17.0. The molecule has 1 heterocycles. The molecule has 1 aliphatic carbocycles. The van der Waals surface area contributed by atoms with Gasteiger partial charge in [0.1, 0.15) is 5.75 Å². The van der Waals surface area contributed by atoms with Gasteiger partial charge in [-0.3, -0.25) is 4.79 Å². The topological polar surface area (TPSA) is 86.7 Å². The molecule has 1 fully saturated rings. The number of phenols is 1. The van der Waals surface area contributed by atoms with Gasteiger partial charge in [0.25, 0.3) is 0 Å². The van der Waals surface area contributed by atoms with Gasteiger partial charge in [0, 0.05) is 19.5 Å². The van der Waals surface area contributed by atoms with Crippen molar-refractivity contribution in [1.29, 1.82) is 0 Å². The summed E-state index contributed by atoms with van der Waals surface area (Å²) in [5, 5.41) is 12.6. The van der Waals surface area contributed by atoms with E-state index in [2.05, 4.69) is 11.4 Å². The molecule has 1 amide bonds. The fourth-order valence-corrected chi connectivity index (χ4v) is 4.70. The summed E-state index contributed by atoms with van der Waals surface area (Å²) in [6, 6.07) is 4.03. The van der Waals surface area contributed by atoms with Gasteiger partial charge in [-0.05, 0) is 49.8 Å². The monoisotopic (exact) mass is 350 g/mol. The molecule has 2 aliphatic rings. The second-order valence-electron chi connectivity index (χ2n) is 6.31. The van der Waals surface area contributed by atoms with Crippen molar-refractivity contribution in [3.63, 3.8) is 0 Å². The van der Waals surface area contributed by atoms with Crippen LogP contribution < -0.4 is 5.32 Å². The summed E-state index contributed by atoms with van der Waals surface area (Å²) in [4.78, 5) is 12.2. The van der Waals surface area contributed by atoms with Gasteiger partial charge in [0.05, 0.1) is 10.6 Å². The highest BCUT2D eigenvalue weighted by Crippen LogP contribution is 2.30. The minimum atomic E-state index is -3.58. The molecule has 1 aliphatic heterocycles. The van der Waals surface area contributed by atoms with Crippen molar-refractivity contribution in [3.05, 3.63) is 30.4 Å². The van der Waals surface area contributed by atoms with Crippen molar-refractivity contribution in [1.82, 2.24) is 4.31 Å². The number of hydrogen-bond donors (Lipinski definition) is 2. The minimum Gasteiger partial charge on any atom is -0.506 e. The Balaban J connectivity index is 1.76. The summed E-state index contributed by atoms with van der Waals surface area (Å²) < 4.78 is 26.6. The predicted molar refractivity (Wildman–Crippen MR) is 91.2 cm³/mol. The number of hydrogen-bond acceptors (Lipinski definition) is 4. The average Bonchev–Trinajstić information content (AvgIpc) is 3.22. The number of carbonyl (C=O) groups excluding carboxylic acids is 1. The normalized spacial score (nSPS) is 21.2. The van der Waals surface area contributed by atoms with Gasteiger partial charge in [-0.25, -0.2) is 8.42 Å². The first-order chi connectivity index (χ1) is 11.5. The van der Waals surface area contributed by atoms with Crippen molar-refractivity contribution in [2.45, 2.75) is 37.0 Å². The molecule has 1 saturated heterocycles. The number of amides is 1. The molecule has 24 heavy (non-hydrogen) atoms. The molecule has 1 unspecified atom stereocenters. The van der Waals surface area contributed by atoms with Crippen molar-refractivity contribution in [2.24, 2.45) is 5.92 Å². The Hall–Kier alpha value is -1.86. The lowest BCUT2D eigenvalue weighted by Gasteiger charge is -2.17. The number of benzene rings is 1. The molecule has 3 rings (SSSR count). The third kappa shape index (κ3) is 3.62. The first-order valence-electron chi connectivity index (χ1n) is 8.26. The zero-order valence-electron chi connectivity index (χ0n) is 13.4. The number of nitrogens with one attached hydrogen (secondary N) is 1. The van der Waals surface area contributed by atoms with Crippen LogP contribution in [-0.2, 0) is 14.8 Å². The van der Waals surface area contributed by atoms with Crippen molar-refractivity contribution >= 4 is 21.6 Å². The molecular formula is C17H22N2O4S. The number of rotatable bonds is 5. The van der Waals surface area contributed by atoms with Crippen molar-refractivity contribution < 1.29 is 18.3 Å². The summed E-state index contributed by atoms with van der Waals surface area (Å²) in [5.41, 5.74) is 0.141. The second kappa shape index (κ2) is 6.94. The van der Waals surface area contributed by atoms with E-state index in [4.69, 9.17) is 0 Å². The van der Waals surface area contributed by atoms with E-state index in [0.717, 1.165) is 25.7 Å². The number of anilines is 1. The Kier molecular flexibility index (Phi) is 4.91. The largest absolute Gasteiger partial charge is 0.506 e. The number of aromatic hydroxyl groups is 1. The van der Waals surface area contributed by atoms with Gasteiger partial charge < -0.3 is 10.4 Å². The van der Waals surface area contributed by atoms with E-state index in [9.17, 15) is 18.3 Å². The van der Waals surface area contributed by atoms with E-state index in [1.165, 1.54) is 22.5 Å². The smallest absolute Gasteiger partial charge is 0.243 e. The molecule has 0 saturated carbocycles. The molecule has 1 atom stereocenters. The van der Waals surface area contributed by atoms with Crippen molar-refractivity contribution in [2.75, 3.05) is 18.4 Å². The molecule has 0 aromatic heterocycles. The maximum atomic E-state index is 12.6. The van der Waals surface area contributed by atoms with Crippen LogP contribution in [0.15, 0.2) is 35.2 Å². The van der Waals surface area contributed by atoms with Crippen LogP contribution in [0.1, 0.15) is 32.1 Å². The highest BCUT2D eigenvalue weighted by atomic mass is 32.2. The van der Waals surface area contributed by atoms with E-state index >= 15 is 0 Å². The Morgan fingerprint density at radius 2 is 2.04 bits per heavy atom. The minimum absolute atomic E-state index is 0.0956. The highest BCUT2D eigenvalue weighted by molar-refractivity contribution is 7.89. The zero-order chi connectivity index (χ0) is 17.2. The molecule has 130 valence electrons. The molecular weight excluding hydrogens is 328 g/mol. The predicted octanol–water partition coefficient (Wildman–Crippen LogP) is 2.47. The molecule has 0 bridgehead atoms. The number of phenolic OH excluding ortho intramolecular Hbond substituents is 1. The number of carbonyl (C=O) groups is 1. The Morgan fingerprint density at radius 3 is 2.71 bits per heavy atom. The second-order valence-corrected chi connectivity index (χ2v) is 8.25. The van der Waals surface area contributed by atoms with Gasteiger partial charge in [-0.2, -0.15) is 4.31 Å². The molecule has 0 radical (unpaired) electrons. The fraction of sp³-hybridized carbons (Fsp3) is 0.471. The summed E-state index contributed by atoms with van der Waals surface area (Å²) >= 11 is 0. The lowest BCUT2D eigenvalue weighted by atomic mass is 10.1. The molecule has 1 aromatic carbocycles. The lowest BCUT2D eigenvalue weighted by Crippen LogP contribution is -2.28. The standard InChI is InChI=1S/C17H22N2O4S/c20-16-8-7-14(24(22,23)19-9-3-4-10-19)12-15(16)18-17(21)11-13-5-1-2-6-13/h1,5,7-8,12-13,20H,2-4,6,9-11H2,(H,18,21). The average molecular weight is 350 g/mol. The summed E-state index contributed by atoms with van der Waals surface area (Å²) in [6.07, 6.45) is 8.05. The van der Waals surface area contributed by atoms with E-state index < -0.39 is 10.0 Å². The van der Waals surface area contributed by atoms with Gasteiger partial charge in [0.2, 0.25) is 15.9 Å². The third-order valence-electron chi connectivity index (χ3n) is 4.50. The van der Waals surface area contributed by atoms with Gasteiger partial charge in [-0.15, -0.1) is 0 Å². The van der Waals surface area contributed by atoms with E-state index in [1.54, 1.807) is 0 Å². The van der Waals surface area contributed by atoms with Crippen LogP contribution in [0.5, 0.6) is 5.75 Å². The summed E-state index contributed by atoms with van der Waals surface area (Å²) in [5.74, 6) is -0.146. The number of nitrogens with zero attached hydrogens (tertiary/aromatic N) is 1. The number of sulfonamides is 1. The van der Waals surface area contributed by atoms with E-state index in [-0.39, 0.29) is 28.2 Å². The van der Waals surface area contributed by atoms with E-state index in [1.807, 2.05) is 6.08 Å². The van der Waals surface area contributed by atoms with Crippen LogP contribution in [0.3, 0.4) is 0 Å². The summed E-state index contributed by atoms with van der Waals surface area (Å²) in [6.45, 7) is 1.03. The molecule has 2 N–H and O–H groups in total. The Morgan fingerprint density at radius 1 is 1.29 bits per heavy atom. The fourth-order valence-electron chi connectivity index (χ4n) is 3.16. The quantitative estimate of drug-likeness (QED) is 0.631. The zero-order valence-corrected chi connectivity index (χ0v) is 14.3. The maximum absolute atomic E-state index is 12.6. The van der Waals surface area contributed by atoms with Crippen LogP contribution in [0, 0.1) is 5.92 Å². The first-order valence-corrected chi connectivity index (χ1v) is 9.70. The van der Waals surface area contributed by atoms with Crippen LogP contribution in [0.2, 0.25) is 0 Å². The van der Waals surface area contributed by atoms with Crippen LogP contribution in [0.4, 0.5) is 5.69 Å². The highest BCUT2D eigenvalue weighted by Gasteiger charge is 2.28. The SMILES string of the molecule is O=C(CC1C=CCC1)Nc1cc(S(=O)(=O)N2CCCC2)ccc1O. The Labute approximate surface area is 142 Å². The Bertz CT molecular complexity index is 752. The van der Waals surface area contributed by atoms with Crippen LogP contribution in [-0.4, -0.2) is 36.8 Å². The number of allylic oxidation sites excluding steroid dienone is 2. The molecule has 7 heteroatoms. The van der Waals surface area contributed by atoms with Gasteiger partial charge in [0.15, 0.2) is 0 Å². The molecule has 6 nitrogen and oxygen atoms in total. The third-order valence-corrected chi connectivity index (χ3v) is 6.40. The maximum Gasteiger partial charge on any atom is 0.243 e. The van der Waals surface area contributed by atoms with Crippen molar-refractivity contribution in [3.8, 4) is 5.75 Å². The molecule has 0 spiro atoms. The van der Waals surface area contributed by atoms with Crippen LogP contribution in [0.25, 0.3) is 0 Å². The van der Waals surface area contributed by atoms with E-state index in [0.29, 0.717) is 19.5 Å². The van der Waals surface area contributed by atoms with Gasteiger partial charge >= 0.3 is 0 Å². The summed E-state index contributed by atoms with van der Waals surface area (Å²) in [7, 11) is -3.58. The lowest BCUT2D eigenvalue weighted by molar-refractivity contribution is -0.116. The molecule has 1 aromatic rings.